The topological polar surface area (TPSA) is 56.8 Å². The van der Waals surface area contributed by atoms with E-state index in [0.717, 1.165) is 49.8 Å². The van der Waals surface area contributed by atoms with Gasteiger partial charge in [-0.05, 0) is 56.6 Å². The molecule has 0 aromatic heterocycles. The second kappa shape index (κ2) is 9.96. The second-order valence-corrected chi connectivity index (χ2v) is 8.18. The molecule has 2 saturated heterocycles. The molecule has 4 rings (SSSR count). The van der Waals surface area contributed by atoms with Crippen LogP contribution in [0.4, 0.5) is 21.9 Å². The van der Waals surface area contributed by atoms with Crippen molar-refractivity contribution < 1.29 is 9.53 Å². The molecule has 2 N–H and O–H groups in total. The van der Waals surface area contributed by atoms with Gasteiger partial charge in [0.2, 0.25) is 0 Å². The summed E-state index contributed by atoms with van der Waals surface area (Å²) < 4.78 is 5.62. The Balaban J connectivity index is 1.40. The van der Waals surface area contributed by atoms with Gasteiger partial charge in [-0.1, -0.05) is 30.3 Å². The fourth-order valence-corrected chi connectivity index (χ4v) is 4.55. The number of nitrogens with zero attached hydrogens (tertiary/aromatic N) is 2. The number of likely N-dealkylation sites (tertiary alicyclic amines) is 1. The number of hydrogen-bond donors (Lipinski definition) is 2. The Kier molecular flexibility index (Phi) is 6.87. The maximum absolute atomic E-state index is 12.8. The summed E-state index contributed by atoms with van der Waals surface area (Å²) in [5, 5.41) is 6.18. The van der Waals surface area contributed by atoms with E-state index in [1.165, 1.54) is 12.8 Å². The lowest BCUT2D eigenvalue weighted by atomic mass is 9.97. The Labute approximate surface area is 179 Å². The molecule has 0 aliphatic carbocycles. The lowest BCUT2D eigenvalue weighted by Gasteiger charge is -2.32. The molecule has 2 heterocycles. The smallest absolute Gasteiger partial charge is 0.319 e. The first kappa shape index (κ1) is 20.7. The summed E-state index contributed by atoms with van der Waals surface area (Å²) in [5.41, 5.74) is 2.82. The Morgan fingerprint density at radius 3 is 2.60 bits per heavy atom. The maximum Gasteiger partial charge on any atom is 0.319 e. The first-order chi connectivity index (χ1) is 14.7. The van der Waals surface area contributed by atoms with Crippen molar-refractivity contribution in [2.75, 3.05) is 50.1 Å². The molecule has 2 atom stereocenters. The Morgan fingerprint density at radius 1 is 1.13 bits per heavy atom. The van der Waals surface area contributed by atoms with Gasteiger partial charge >= 0.3 is 6.03 Å². The first-order valence-electron chi connectivity index (χ1n) is 11.0. The van der Waals surface area contributed by atoms with E-state index in [-0.39, 0.29) is 6.03 Å². The van der Waals surface area contributed by atoms with Crippen LogP contribution in [0.2, 0.25) is 0 Å². The number of hydrogen-bond acceptors (Lipinski definition) is 4. The largest absolute Gasteiger partial charge is 0.381 e. The Hall–Kier alpha value is -2.57. The fourth-order valence-electron chi connectivity index (χ4n) is 4.55. The molecule has 0 radical (unpaired) electrons. The summed E-state index contributed by atoms with van der Waals surface area (Å²) in [6, 6.07) is 18.2. The standard InChI is InChI=1S/C24H32N4O2/c1-27(20-9-3-2-4-10-20)22-12-6-5-11-21(22)26-24(29)25-17-23(19-13-16-30-18-19)28-14-7-8-15-28/h2-6,9-12,19,23H,7-8,13-18H2,1H3,(H2,25,26,29). The molecule has 0 saturated carbocycles. The predicted octanol–water partition coefficient (Wildman–Crippen LogP) is 4.08. The molecule has 30 heavy (non-hydrogen) atoms. The normalized spacial score (nSPS) is 20.1. The molecule has 160 valence electrons. The van der Waals surface area contributed by atoms with E-state index in [1.54, 1.807) is 0 Å². The number of carbonyl (C=O) groups excluding carboxylic acids is 1. The van der Waals surface area contributed by atoms with Gasteiger partial charge in [0.25, 0.3) is 0 Å². The number of benzene rings is 2. The highest BCUT2D eigenvalue weighted by Crippen LogP contribution is 2.30. The maximum atomic E-state index is 12.8. The summed E-state index contributed by atoms with van der Waals surface area (Å²) in [6.07, 6.45) is 3.57. The molecule has 6 nitrogen and oxygen atoms in total. The zero-order valence-electron chi connectivity index (χ0n) is 17.7. The molecular formula is C24H32N4O2. The lowest BCUT2D eigenvalue weighted by Crippen LogP contribution is -2.48. The molecular weight excluding hydrogens is 376 g/mol. The number of rotatable bonds is 7. The van der Waals surface area contributed by atoms with Crippen LogP contribution in [0.5, 0.6) is 0 Å². The molecule has 2 aliphatic heterocycles. The van der Waals surface area contributed by atoms with E-state index >= 15 is 0 Å². The summed E-state index contributed by atoms with van der Waals surface area (Å²) in [7, 11) is 2.01. The van der Waals surface area contributed by atoms with Gasteiger partial charge in [0, 0.05) is 37.8 Å². The number of urea groups is 1. The van der Waals surface area contributed by atoms with Crippen molar-refractivity contribution in [3.05, 3.63) is 54.6 Å². The van der Waals surface area contributed by atoms with Crippen LogP contribution in [-0.4, -0.2) is 56.9 Å². The minimum atomic E-state index is -0.160. The number of anilines is 3. The minimum absolute atomic E-state index is 0.160. The van der Waals surface area contributed by atoms with Crippen LogP contribution in [0.3, 0.4) is 0 Å². The number of para-hydroxylation sites is 3. The summed E-state index contributed by atoms with van der Waals surface area (Å²) >= 11 is 0. The molecule has 2 aromatic rings. The zero-order chi connectivity index (χ0) is 20.8. The third-order valence-electron chi connectivity index (χ3n) is 6.25. The van der Waals surface area contributed by atoms with Gasteiger partial charge in [0.1, 0.15) is 0 Å². The number of carbonyl (C=O) groups is 1. The van der Waals surface area contributed by atoms with E-state index in [9.17, 15) is 4.79 Å². The molecule has 2 fully saturated rings. The van der Waals surface area contributed by atoms with E-state index in [2.05, 4.69) is 32.6 Å². The monoisotopic (exact) mass is 408 g/mol. The van der Waals surface area contributed by atoms with Gasteiger partial charge in [-0.15, -0.1) is 0 Å². The fraction of sp³-hybridized carbons (Fsp3) is 0.458. The van der Waals surface area contributed by atoms with Crippen LogP contribution in [0.15, 0.2) is 54.6 Å². The van der Waals surface area contributed by atoms with Crippen LogP contribution in [0.25, 0.3) is 0 Å². The highest BCUT2D eigenvalue weighted by molar-refractivity contribution is 5.94. The van der Waals surface area contributed by atoms with Crippen LogP contribution < -0.4 is 15.5 Å². The minimum Gasteiger partial charge on any atom is -0.381 e. The predicted molar refractivity (Wildman–Crippen MR) is 121 cm³/mol. The highest BCUT2D eigenvalue weighted by atomic mass is 16.5. The quantitative estimate of drug-likeness (QED) is 0.725. The van der Waals surface area contributed by atoms with Gasteiger partial charge in [-0.25, -0.2) is 4.79 Å². The van der Waals surface area contributed by atoms with Crippen molar-refractivity contribution in [1.82, 2.24) is 10.2 Å². The summed E-state index contributed by atoms with van der Waals surface area (Å²) in [5.74, 6) is 0.500. The Morgan fingerprint density at radius 2 is 1.87 bits per heavy atom. The summed E-state index contributed by atoms with van der Waals surface area (Å²) in [6.45, 7) is 4.52. The molecule has 2 aromatic carbocycles. The Bertz CT molecular complexity index is 801. The van der Waals surface area contributed by atoms with Crippen molar-refractivity contribution in [3.63, 3.8) is 0 Å². The van der Waals surface area contributed by atoms with Gasteiger partial charge in [0.15, 0.2) is 0 Å². The van der Waals surface area contributed by atoms with Crippen molar-refractivity contribution in [1.29, 1.82) is 0 Å². The highest BCUT2D eigenvalue weighted by Gasteiger charge is 2.32. The van der Waals surface area contributed by atoms with E-state index in [0.29, 0.717) is 18.5 Å². The van der Waals surface area contributed by atoms with Crippen molar-refractivity contribution in [2.24, 2.45) is 5.92 Å². The lowest BCUT2D eigenvalue weighted by molar-refractivity contribution is 0.135. The van der Waals surface area contributed by atoms with Crippen LogP contribution >= 0.6 is 0 Å². The SMILES string of the molecule is CN(c1ccccc1)c1ccccc1NC(=O)NCC(C1CCOC1)N1CCCC1. The van der Waals surface area contributed by atoms with Crippen molar-refractivity contribution in [2.45, 2.75) is 25.3 Å². The third-order valence-corrected chi connectivity index (χ3v) is 6.25. The van der Waals surface area contributed by atoms with Crippen molar-refractivity contribution in [3.8, 4) is 0 Å². The number of ether oxygens (including phenoxy) is 1. The molecule has 6 heteroatoms. The number of nitrogens with one attached hydrogen (secondary N) is 2. The number of amides is 2. The van der Waals surface area contributed by atoms with Gasteiger partial charge in [-0.3, -0.25) is 4.90 Å². The van der Waals surface area contributed by atoms with Gasteiger partial charge in [-0.2, -0.15) is 0 Å². The van der Waals surface area contributed by atoms with Crippen LogP contribution in [-0.2, 0) is 4.74 Å². The summed E-state index contributed by atoms with van der Waals surface area (Å²) in [4.78, 5) is 17.4. The zero-order valence-corrected chi connectivity index (χ0v) is 17.7. The third kappa shape index (κ3) is 4.94. The molecule has 2 unspecified atom stereocenters. The molecule has 2 amide bonds. The van der Waals surface area contributed by atoms with Gasteiger partial charge in [0.05, 0.1) is 18.0 Å². The van der Waals surface area contributed by atoms with E-state index < -0.39 is 0 Å². The van der Waals surface area contributed by atoms with Crippen LogP contribution in [0.1, 0.15) is 19.3 Å². The first-order valence-corrected chi connectivity index (χ1v) is 11.0. The average molecular weight is 409 g/mol. The van der Waals surface area contributed by atoms with Gasteiger partial charge < -0.3 is 20.3 Å². The van der Waals surface area contributed by atoms with Crippen LogP contribution in [0, 0.1) is 5.92 Å². The van der Waals surface area contributed by atoms with Crippen molar-refractivity contribution >= 4 is 23.1 Å². The van der Waals surface area contributed by atoms with E-state index in [4.69, 9.17) is 4.74 Å². The molecule has 2 aliphatic rings. The molecule has 0 spiro atoms. The van der Waals surface area contributed by atoms with E-state index in [1.807, 2.05) is 49.5 Å². The average Bonchev–Trinajstić information content (AvgIpc) is 3.50. The molecule has 0 bridgehead atoms. The second-order valence-electron chi connectivity index (χ2n) is 8.18.